The first-order valence-electron chi connectivity index (χ1n) is 11.6. The van der Waals surface area contributed by atoms with Crippen molar-refractivity contribution in [3.05, 3.63) is 45.8 Å². The number of nitrogens with one attached hydrogen (secondary N) is 1. The number of esters is 1. The molecular formula is C27H35NO5S. The first kappa shape index (κ1) is 25.8. The zero-order chi connectivity index (χ0) is 25.0. The summed E-state index contributed by atoms with van der Waals surface area (Å²) >= 11 is 1.49. The maximum Gasteiger partial charge on any atom is 0.341 e. The van der Waals surface area contributed by atoms with Gasteiger partial charge in [0.2, 0.25) is 5.91 Å². The molecule has 0 fully saturated rings. The molecule has 1 aromatic carbocycles. The van der Waals surface area contributed by atoms with Crippen LogP contribution in [0.1, 0.15) is 67.4 Å². The molecule has 1 aliphatic carbocycles. The maximum absolute atomic E-state index is 12.8. The zero-order valence-corrected chi connectivity index (χ0v) is 21.9. The molecule has 184 valence electrons. The molecule has 7 heteroatoms. The van der Waals surface area contributed by atoms with Gasteiger partial charge in [-0.1, -0.05) is 26.8 Å². The maximum atomic E-state index is 12.8. The van der Waals surface area contributed by atoms with Crippen LogP contribution in [0.5, 0.6) is 11.5 Å². The summed E-state index contributed by atoms with van der Waals surface area (Å²) in [6, 6.07) is 5.50. The van der Waals surface area contributed by atoms with Gasteiger partial charge in [0.1, 0.15) is 5.00 Å². The second kappa shape index (κ2) is 10.6. The Morgan fingerprint density at radius 1 is 1.18 bits per heavy atom. The third kappa shape index (κ3) is 6.00. The van der Waals surface area contributed by atoms with E-state index >= 15 is 0 Å². The third-order valence-corrected chi connectivity index (χ3v) is 7.26. The number of hydrogen-bond acceptors (Lipinski definition) is 6. The van der Waals surface area contributed by atoms with Crippen molar-refractivity contribution in [2.45, 2.75) is 60.0 Å². The van der Waals surface area contributed by atoms with Gasteiger partial charge in [-0.2, -0.15) is 0 Å². The van der Waals surface area contributed by atoms with Gasteiger partial charge in [-0.05, 0) is 73.8 Å². The van der Waals surface area contributed by atoms with Gasteiger partial charge in [0.25, 0.3) is 0 Å². The van der Waals surface area contributed by atoms with Crippen LogP contribution < -0.4 is 14.8 Å². The Hall–Kier alpha value is -2.80. The number of carbonyl (C=O) groups is 2. The minimum atomic E-state index is -0.406. The molecule has 34 heavy (non-hydrogen) atoms. The van der Waals surface area contributed by atoms with Gasteiger partial charge in [0.05, 0.1) is 25.9 Å². The summed E-state index contributed by atoms with van der Waals surface area (Å²) in [5.74, 6) is 1.07. The second-order valence-electron chi connectivity index (χ2n) is 9.90. The van der Waals surface area contributed by atoms with Crippen molar-refractivity contribution in [2.24, 2.45) is 11.3 Å². The SMILES string of the molecule is COC(=O)c1c(NC(=O)/C=C/c2ccc(OC(C)C)c(OC)c2)sc2c1CCC(C(C)(C)C)C2. The Labute approximate surface area is 206 Å². The molecule has 0 aliphatic heterocycles. The lowest BCUT2D eigenvalue weighted by Crippen LogP contribution is -2.26. The Bertz CT molecular complexity index is 1080. The van der Waals surface area contributed by atoms with Crippen molar-refractivity contribution < 1.29 is 23.8 Å². The summed E-state index contributed by atoms with van der Waals surface area (Å²) in [5.41, 5.74) is 2.50. The van der Waals surface area contributed by atoms with Crippen LogP contribution in [0.3, 0.4) is 0 Å². The fraction of sp³-hybridized carbons (Fsp3) is 0.481. The molecule has 0 saturated carbocycles. The van der Waals surface area contributed by atoms with Gasteiger partial charge in [0.15, 0.2) is 11.5 Å². The lowest BCUT2D eigenvalue weighted by atomic mass is 9.72. The first-order chi connectivity index (χ1) is 16.0. The van der Waals surface area contributed by atoms with E-state index in [2.05, 4.69) is 26.1 Å². The van der Waals surface area contributed by atoms with Gasteiger partial charge in [-0.25, -0.2) is 4.79 Å². The molecule has 1 unspecified atom stereocenters. The van der Waals surface area contributed by atoms with Gasteiger partial charge >= 0.3 is 5.97 Å². The number of methoxy groups -OCH3 is 2. The van der Waals surface area contributed by atoms with Crippen molar-refractivity contribution >= 4 is 34.3 Å². The van der Waals surface area contributed by atoms with E-state index in [1.165, 1.54) is 24.5 Å². The van der Waals surface area contributed by atoms with Crippen LogP contribution in [0, 0.1) is 11.3 Å². The van der Waals surface area contributed by atoms with Crippen molar-refractivity contribution in [3.63, 3.8) is 0 Å². The molecule has 1 aliphatic rings. The topological polar surface area (TPSA) is 73.9 Å². The van der Waals surface area contributed by atoms with Crippen LogP contribution in [0.4, 0.5) is 5.00 Å². The minimum Gasteiger partial charge on any atom is -0.493 e. The average Bonchev–Trinajstić information content (AvgIpc) is 3.13. The predicted octanol–water partition coefficient (Wildman–Crippen LogP) is 6.13. The molecule has 2 aromatic rings. The molecule has 1 atom stereocenters. The molecular weight excluding hydrogens is 450 g/mol. The summed E-state index contributed by atoms with van der Waals surface area (Å²) in [6.07, 6.45) is 5.93. The molecule has 3 rings (SSSR count). The fourth-order valence-electron chi connectivity index (χ4n) is 4.20. The van der Waals surface area contributed by atoms with E-state index in [4.69, 9.17) is 14.2 Å². The molecule has 0 spiro atoms. The zero-order valence-electron chi connectivity index (χ0n) is 21.1. The number of carbonyl (C=O) groups excluding carboxylic acids is 2. The monoisotopic (exact) mass is 485 g/mol. The van der Waals surface area contributed by atoms with Crippen LogP contribution in [0.2, 0.25) is 0 Å². The van der Waals surface area contributed by atoms with Crippen molar-refractivity contribution in [1.29, 1.82) is 0 Å². The third-order valence-electron chi connectivity index (χ3n) is 6.09. The van der Waals surface area contributed by atoms with E-state index in [0.29, 0.717) is 28.0 Å². The highest BCUT2D eigenvalue weighted by Gasteiger charge is 2.34. The van der Waals surface area contributed by atoms with Crippen LogP contribution in [0.25, 0.3) is 6.08 Å². The highest BCUT2D eigenvalue weighted by atomic mass is 32.1. The lowest BCUT2D eigenvalue weighted by molar-refractivity contribution is -0.111. The number of hydrogen-bond donors (Lipinski definition) is 1. The van der Waals surface area contributed by atoms with Crippen LogP contribution in [-0.2, 0) is 22.4 Å². The van der Waals surface area contributed by atoms with E-state index < -0.39 is 5.97 Å². The number of anilines is 1. The average molecular weight is 486 g/mol. The van der Waals surface area contributed by atoms with E-state index in [9.17, 15) is 9.59 Å². The Balaban J connectivity index is 1.80. The quantitative estimate of drug-likeness (QED) is 0.377. The predicted molar refractivity (Wildman–Crippen MR) is 137 cm³/mol. The first-order valence-corrected chi connectivity index (χ1v) is 12.4. The number of amides is 1. The molecule has 1 aromatic heterocycles. The largest absolute Gasteiger partial charge is 0.493 e. The summed E-state index contributed by atoms with van der Waals surface area (Å²) in [4.78, 5) is 26.5. The number of ether oxygens (including phenoxy) is 3. The van der Waals surface area contributed by atoms with Gasteiger partial charge in [-0.15, -0.1) is 11.3 Å². The number of rotatable bonds is 7. The summed E-state index contributed by atoms with van der Waals surface area (Å²) in [6.45, 7) is 10.7. The molecule has 1 amide bonds. The Morgan fingerprint density at radius 3 is 2.53 bits per heavy atom. The molecule has 6 nitrogen and oxygen atoms in total. The number of fused-ring (bicyclic) bond motifs is 1. The Kier molecular flexibility index (Phi) is 8.08. The van der Waals surface area contributed by atoms with E-state index in [1.54, 1.807) is 13.2 Å². The fourth-order valence-corrected chi connectivity index (χ4v) is 5.51. The highest BCUT2D eigenvalue weighted by Crippen LogP contribution is 2.44. The van der Waals surface area contributed by atoms with Crippen LogP contribution in [0.15, 0.2) is 24.3 Å². The minimum absolute atomic E-state index is 0.0281. The van der Waals surface area contributed by atoms with Gasteiger partial charge in [-0.3, -0.25) is 4.79 Å². The normalized spacial score (nSPS) is 15.8. The van der Waals surface area contributed by atoms with Gasteiger partial charge < -0.3 is 19.5 Å². The van der Waals surface area contributed by atoms with Crippen molar-refractivity contribution in [3.8, 4) is 11.5 Å². The molecule has 0 saturated heterocycles. The van der Waals surface area contributed by atoms with Crippen LogP contribution >= 0.6 is 11.3 Å². The van der Waals surface area contributed by atoms with E-state index in [-0.39, 0.29) is 17.4 Å². The summed E-state index contributed by atoms with van der Waals surface area (Å²) in [7, 11) is 2.96. The van der Waals surface area contributed by atoms with Crippen molar-refractivity contribution in [2.75, 3.05) is 19.5 Å². The second-order valence-corrected chi connectivity index (χ2v) is 11.0. The van der Waals surface area contributed by atoms with Crippen molar-refractivity contribution in [1.82, 2.24) is 0 Å². The van der Waals surface area contributed by atoms with Gasteiger partial charge in [0, 0.05) is 11.0 Å². The van der Waals surface area contributed by atoms with Crippen LogP contribution in [-0.4, -0.2) is 32.2 Å². The van der Waals surface area contributed by atoms with E-state index in [0.717, 1.165) is 35.3 Å². The number of benzene rings is 1. The van der Waals surface area contributed by atoms with E-state index in [1.807, 2.05) is 32.0 Å². The Morgan fingerprint density at radius 2 is 1.91 bits per heavy atom. The summed E-state index contributed by atoms with van der Waals surface area (Å²) < 4.78 is 16.2. The summed E-state index contributed by atoms with van der Waals surface area (Å²) in [5, 5.41) is 3.46. The molecule has 1 heterocycles. The molecule has 0 radical (unpaired) electrons. The lowest BCUT2D eigenvalue weighted by Gasteiger charge is -2.33. The smallest absolute Gasteiger partial charge is 0.341 e. The standard InChI is InChI=1S/C27H35NO5S/c1-16(2)33-20-12-8-17(14-21(20)31-6)9-13-23(29)28-25-24(26(30)32-7)19-11-10-18(27(3,4)5)15-22(19)34-25/h8-9,12-14,16,18H,10-11,15H2,1-7H3,(H,28,29)/b13-9+. The molecule has 0 bridgehead atoms. The number of thiophene rings is 1. The molecule has 1 N–H and O–H groups in total. The highest BCUT2D eigenvalue weighted by molar-refractivity contribution is 7.17.